The van der Waals surface area contributed by atoms with Crippen LogP contribution in [0.5, 0.6) is 5.75 Å². The summed E-state index contributed by atoms with van der Waals surface area (Å²) in [5.41, 5.74) is 0.839. The number of benzene rings is 1. The highest BCUT2D eigenvalue weighted by molar-refractivity contribution is 7.92. The van der Waals surface area contributed by atoms with E-state index in [9.17, 15) is 21.6 Å². The van der Waals surface area contributed by atoms with E-state index in [4.69, 9.17) is 20.8 Å². The minimum Gasteiger partial charge on any atom is -0.493 e. The van der Waals surface area contributed by atoms with Crippen LogP contribution in [0, 0.1) is 6.92 Å². The molecule has 3 aromatic heterocycles. The van der Waals surface area contributed by atoms with Crippen LogP contribution in [0.15, 0.2) is 81.3 Å². The molecule has 4 aromatic rings. The zero-order valence-corrected chi connectivity index (χ0v) is 20.9. The molecular weight excluding hydrogens is 516 g/mol. The second-order valence-corrected chi connectivity index (χ2v) is 11.6. The first kappa shape index (κ1) is 24.7. The van der Waals surface area contributed by atoms with Gasteiger partial charge in [-0.3, -0.25) is 4.79 Å². The molecule has 0 unspecified atom stereocenters. The normalized spacial score (nSPS) is 12.0. The van der Waals surface area contributed by atoms with Gasteiger partial charge in [-0.2, -0.15) is 0 Å². The molecule has 35 heavy (non-hydrogen) atoms. The second-order valence-electron chi connectivity index (χ2n) is 7.48. The maximum atomic E-state index is 13.3. The zero-order chi connectivity index (χ0) is 25.4. The number of aryl methyl sites for hydroxylation is 1. The summed E-state index contributed by atoms with van der Waals surface area (Å²) in [5.74, 6) is -2.37. The summed E-state index contributed by atoms with van der Waals surface area (Å²) in [6, 6.07) is 13.2. The average Bonchev–Trinajstić information content (AvgIpc) is 3.43. The summed E-state index contributed by atoms with van der Waals surface area (Å²) in [6.45, 7) is 1.83. The number of aromatic nitrogens is 2. The molecule has 0 bridgehead atoms. The number of ether oxygens (including phenoxy) is 1. The number of Topliss-reactive ketones (excluding diaryl/α,β-unsaturated/α-hetero) is 1. The third-order valence-corrected chi connectivity index (χ3v) is 8.58. The Balaban J connectivity index is 1.75. The van der Waals surface area contributed by atoms with Gasteiger partial charge in [-0.05, 0) is 37.3 Å². The SMILES string of the molecule is COc1cc(-c2c(Cl)ccn2S(=O)(=O)c2ccc(C)cc2)oc1C(=O)CS(=O)(=O)c1ccccn1. The predicted molar refractivity (Wildman–Crippen MR) is 128 cm³/mol. The van der Waals surface area contributed by atoms with E-state index >= 15 is 0 Å². The summed E-state index contributed by atoms with van der Waals surface area (Å²) in [4.78, 5) is 16.7. The fourth-order valence-corrected chi connectivity index (χ4v) is 6.10. The maximum Gasteiger partial charge on any atom is 0.268 e. The monoisotopic (exact) mass is 534 g/mol. The molecule has 3 heterocycles. The molecule has 0 radical (unpaired) electrons. The van der Waals surface area contributed by atoms with Crippen molar-refractivity contribution in [3.05, 3.63) is 83.3 Å². The third kappa shape index (κ3) is 4.75. The van der Waals surface area contributed by atoms with Gasteiger partial charge >= 0.3 is 0 Å². The molecule has 4 rings (SSSR count). The number of hydrogen-bond donors (Lipinski definition) is 0. The number of rotatable bonds is 8. The molecular formula is C23H19ClN2O7S2. The summed E-state index contributed by atoms with van der Waals surface area (Å²) >= 11 is 6.29. The first-order valence-corrected chi connectivity index (χ1v) is 13.6. The molecule has 0 atom stereocenters. The topological polar surface area (TPSA) is 126 Å². The van der Waals surface area contributed by atoms with Gasteiger partial charge in [-0.1, -0.05) is 35.4 Å². The second kappa shape index (κ2) is 9.33. The molecule has 182 valence electrons. The van der Waals surface area contributed by atoms with Crippen LogP contribution in [0.25, 0.3) is 11.5 Å². The number of sulfone groups is 1. The Morgan fingerprint density at radius 1 is 1.09 bits per heavy atom. The number of carbonyl (C=O) groups is 1. The highest BCUT2D eigenvalue weighted by atomic mass is 35.5. The Kier molecular flexibility index (Phi) is 6.58. The molecule has 0 aliphatic heterocycles. The lowest BCUT2D eigenvalue weighted by atomic mass is 10.2. The zero-order valence-electron chi connectivity index (χ0n) is 18.5. The van der Waals surface area contributed by atoms with E-state index in [1.807, 2.05) is 6.92 Å². The van der Waals surface area contributed by atoms with Gasteiger partial charge in [0.15, 0.2) is 16.5 Å². The lowest BCUT2D eigenvalue weighted by Crippen LogP contribution is -2.17. The fourth-order valence-electron chi connectivity index (χ4n) is 3.32. The molecule has 0 aliphatic rings. The Hall–Kier alpha value is -3.41. The minimum absolute atomic E-state index is 0.0212. The van der Waals surface area contributed by atoms with Gasteiger partial charge in [0.25, 0.3) is 10.0 Å². The van der Waals surface area contributed by atoms with Gasteiger partial charge < -0.3 is 9.15 Å². The Bertz CT molecular complexity index is 1610. The molecule has 0 aliphatic carbocycles. The molecule has 0 N–H and O–H groups in total. The van der Waals surface area contributed by atoms with Crippen molar-refractivity contribution in [2.24, 2.45) is 0 Å². The van der Waals surface area contributed by atoms with Gasteiger partial charge in [0.2, 0.25) is 21.4 Å². The van der Waals surface area contributed by atoms with Crippen LogP contribution >= 0.6 is 11.6 Å². The number of nitrogens with zero attached hydrogens (tertiary/aromatic N) is 2. The van der Waals surface area contributed by atoms with E-state index < -0.39 is 37.2 Å². The molecule has 0 fully saturated rings. The smallest absolute Gasteiger partial charge is 0.268 e. The van der Waals surface area contributed by atoms with Crippen LogP contribution in [-0.4, -0.2) is 44.4 Å². The first-order chi connectivity index (χ1) is 16.5. The van der Waals surface area contributed by atoms with Gasteiger partial charge in [0.1, 0.15) is 11.4 Å². The number of carbonyl (C=O) groups excluding carboxylic acids is 1. The lowest BCUT2D eigenvalue weighted by molar-refractivity contribution is 0.0987. The van der Waals surface area contributed by atoms with Crippen molar-refractivity contribution in [2.75, 3.05) is 12.9 Å². The summed E-state index contributed by atoms with van der Waals surface area (Å²) in [7, 11) is -6.86. The number of ketones is 1. The van der Waals surface area contributed by atoms with Crippen LogP contribution in [-0.2, 0) is 19.9 Å². The van der Waals surface area contributed by atoms with Crippen molar-refractivity contribution in [3.63, 3.8) is 0 Å². The van der Waals surface area contributed by atoms with Crippen LogP contribution in [0.3, 0.4) is 0 Å². The van der Waals surface area contributed by atoms with Crippen molar-refractivity contribution in [2.45, 2.75) is 16.8 Å². The number of halogens is 1. The van der Waals surface area contributed by atoms with Crippen LogP contribution in [0.2, 0.25) is 5.02 Å². The van der Waals surface area contributed by atoms with E-state index in [0.717, 1.165) is 9.54 Å². The van der Waals surface area contributed by atoms with Crippen molar-refractivity contribution >= 4 is 37.2 Å². The van der Waals surface area contributed by atoms with Gasteiger partial charge in [-0.25, -0.2) is 25.8 Å². The lowest BCUT2D eigenvalue weighted by Gasteiger charge is -2.10. The number of furan rings is 1. The Labute approximate surface area is 206 Å². The summed E-state index contributed by atoms with van der Waals surface area (Å²) in [6.07, 6.45) is 2.56. The Morgan fingerprint density at radius 3 is 2.43 bits per heavy atom. The quantitative estimate of drug-likeness (QED) is 0.310. The van der Waals surface area contributed by atoms with E-state index in [-0.39, 0.29) is 32.1 Å². The summed E-state index contributed by atoms with van der Waals surface area (Å²) in [5, 5.41) is -0.225. The average molecular weight is 535 g/mol. The first-order valence-electron chi connectivity index (χ1n) is 10.1. The van der Waals surface area contributed by atoms with Crippen molar-refractivity contribution in [1.29, 1.82) is 0 Å². The number of hydrogen-bond acceptors (Lipinski definition) is 8. The molecule has 0 saturated carbocycles. The van der Waals surface area contributed by atoms with Gasteiger partial charge in [-0.15, -0.1) is 0 Å². The highest BCUT2D eigenvalue weighted by Gasteiger charge is 2.30. The van der Waals surface area contributed by atoms with E-state index in [2.05, 4.69) is 4.98 Å². The highest BCUT2D eigenvalue weighted by Crippen LogP contribution is 2.37. The number of pyridine rings is 1. The van der Waals surface area contributed by atoms with Crippen molar-refractivity contribution in [3.8, 4) is 17.2 Å². The third-order valence-electron chi connectivity index (χ3n) is 5.06. The molecule has 0 spiro atoms. The predicted octanol–water partition coefficient (Wildman–Crippen LogP) is 4.01. The molecule has 0 saturated heterocycles. The minimum atomic E-state index is -4.07. The van der Waals surface area contributed by atoms with E-state index in [0.29, 0.717) is 0 Å². The fraction of sp³-hybridized carbons (Fsp3) is 0.130. The maximum absolute atomic E-state index is 13.3. The molecule has 12 heteroatoms. The Morgan fingerprint density at radius 2 is 1.80 bits per heavy atom. The largest absolute Gasteiger partial charge is 0.493 e. The molecule has 1 aromatic carbocycles. The van der Waals surface area contributed by atoms with E-state index in [1.165, 1.54) is 55.9 Å². The van der Waals surface area contributed by atoms with Crippen LogP contribution < -0.4 is 4.74 Å². The molecule has 0 amide bonds. The van der Waals surface area contributed by atoms with Crippen LogP contribution in [0.1, 0.15) is 16.1 Å². The van der Waals surface area contributed by atoms with Crippen LogP contribution in [0.4, 0.5) is 0 Å². The standard InChI is InChI=1S/C23H19ClN2O7S2/c1-15-6-8-16(9-7-15)35(30,31)26-12-10-17(24)22(26)19-13-20(32-2)23(33-19)18(27)14-34(28,29)21-5-3-4-11-25-21/h3-13H,14H2,1-2H3. The van der Waals surface area contributed by atoms with E-state index in [1.54, 1.807) is 18.2 Å². The van der Waals surface area contributed by atoms with Crippen molar-refractivity contribution in [1.82, 2.24) is 8.96 Å². The van der Waals surface area contributed by atoms with Crippen molar-refractivity contribution < 1.29 is 30.8 Å². The van der Waals surface area contributed by atoms with Gasteiger partial charge in [0.05, 0.1) is 17.0 Å². The summed E-state index contributed by atoms with van der Waals surface area (Å²) < 4.78 is 63.5. The van der Waals surface area contributed by atoms with Gasteiger partial charge in [0, 0.05) is 18.5 Å². The molecule has 9 nitrogen and oxygen atoms in total. The number of methoxy groups -OCH3 is 1.